The highest BCUT2D eigenvalue weighted by Crippen LogP contribution is 2.39. The maximum absolute atomic E-state index is 13.7. The van der Waals surface area contributed by atoms with Gasteiger partial charge < -0.3 is 24.6 Å². The lowest BCUT2D eigenvalue weighted by Gasteiger charge is -2.39. The predicted octanol–water partition coefficient (Wildman–Crippen LogP) is 7.02. The van der Waals surface area contributed by atoms with Crippen molar-refractivity contribution in [2.45, 2.75) is 81.2 Å². The van der Waals surface area contributed by atoms with Gasteiger partial charge in [0.2, 0.25) is 15.9 Å². The maximum atomic E-state index is 13.7. The summed E-state index contributed by atoms with van der Waals surface area (Å²) in [5, 5.41) is 12.6. The zero-order valence-electron chi connectivity index (χ0n) is 33.1. The van der Waals surface area contributed by atoms with Gasteiger partial charge in [0.05, 0.1) is 30.3 Å². The minimum atomic E-state index is -3.97. The van der Waals surface area contributed by atoms with Crippen molar-refractivity contribution in [2.24, 2.45) is 0 Å². The Hall–Kier alpha value is -4.72. The van der Waals surface area contributed by atoms with Crippen LogP contribution in [0, 0.1) is 6.92 Å². The number of ether oxygens (including phenoxy) is 3. The quantitative estimate of drug-likeness (QED) is 0.0973. The lowest BCUT2D eigenvalue weighted by atomic mass is 9.98. The van der Waals surface area contributed by atoms with Crippen molar-refractivity contribution in [1.82, 2.24) is 14.9 Å². The van der Waals surface area contributed by atoms with Crippen molar-refractivity contribution in [1.29, 1.82) is 0 Å². The lowest BCUT2D eigenvalue weighted by Crippen LogP contribution is -2.47. The highest BCUT2D eigenvalue weighted by molar-refractivity contribution is 7.89. The number of carbonyl (C=O) groups is 1. The molecule has 304 valence electrons. The second-order valence-corrected chi connectivity index (χ2v) is 17.0. The first-order valence-corrected chi connectivity index (χ1v) is 21.5. The van der Waals surface area contributed by atoms with Crippen molar-refractivity contribution in [3.8, 4) is 11.1 Å². The minimum Gasteiger partial charge on any atom is -0.392 e. The molecular formula is C47H53N3O7S. The molecule has 10 nitrogen and oxygen atoms in total. The first-order chi connectivity index (χ1) is 28.2. The smallest absolute Gasteiger partial charge is 0.241 e. The second kappa shape index (κ2) is 19.4. The molecule has 7 rings (SSSR count). The Morgan fingerprint density at radius 1 is 0.845 bits per heavy atom. The minimum absolute atomic E-state index is 0.0127. The largest absolute Gasteiger partial charge is 0.392 e. The van der Waals surface area contributed by atoms with E-state index in [0.29, 0.717) is 19.1 Å². The van der Waals surface area contributed by atoms with Crippen molar-refractivity contribution in [3.05, 3.63) is 161 Å². The molecule has 2 fully saturated rings. The van der Waals surface area contributed by atoms with Gasteiger partial charge in [-0.25, -0.2) is 8.42 Å². The SMILES string of the molecule is COC[C@@H]1CCCN1C[C@@H]1C[C@H](c2ccc(CO)cc2)O[C@H](c2cccc(-c3cccc(CNC(=O)[C@@H](Cc4ccccc4)NS(=O)(=O)c4ccc(C)cc4)c3)c2)O1. The van der Waals surface area contributed by atoms with Crippen molar-refractivity contribution >= 4 is 15.9 Å². The molecule has 0 aliphatic carbocycles. The number of hydrogen-bond donors (Lipinski definition) is 3. The molecule has 0 unspecified atom stereocenters. The first-order valence-electron chi connectivity index (χ1n) is 20.0. The molecule has 0 saturated carbocycles. The van der Waals surface area contributed by atoms with Crippen LogP contribution in [0.2, 0.25) is 0 Å². The molecule has 0 bridgehead atoms. The fourth-order valence-electron chi connectivity index (χ4n) is 7.86. The lowest BCUT2D eigenvalue weighted by molar-refractivity contribution is -0.253. The van der Waals surface area contributed by atoms with Crippen LogP contribution < -0.4 is 10.0 Å². The number of sulfonamides is 1. The van der Waals surface area contributed by atoms with Crippen LogP contribution in [0.15, 0.2) is 132 Å². The number of rotatable bonds is 16. The molecule has 2 heterocycles. The third-order valence-electron chi connectivity index (χ3n) is 11.0. The Kier molecular flexibility index (Phi) is 13.8. The number of benzene rings is 5. The normalized spacial score (nSPS) is 20.5. The zero-order valence-corrected chi connectivity index (χ0v) is 33.9. The summed E-state index contributed by atoms with van der Waals surface area (Å²) in [5.74, 6) is -0.420. The van der Waals surface area contributed by atoms with Crippen LogP contribution in [-0.2, 0) is 48.6 Å². The van der Waals surface area contributed by atoms with Gasteiger partial charge in [-0.1, -0.05) is 109 Å². The maximum Gasteiger partial charge on any atom is 0.241 e. The number of aliphatic hydroxyl groups is 1. The van der Waals surface area contributed by atoms with Gasteiger partial charge in [-0.2, -0.15) is 4.72 Å². The molecule has 0 spiro atoms. The van der Waals surface area contributed by atoms with Gasteiger partial charge >= 0.3 is 0 Å². The highest BCUT2D eigenvalue weighted by atomic mass is 32.2. The van der Waals surface area contributed by atoms with Gasteiger partial charge in [0.1, 0.15) is 6.04 Å². The van der Waals surface area contributed by atoms with Crippen LogP contribution in [0.4, 0.5) is 0 Å². The Morgan fingerprint density at radius 2 is 1.57 bits per heavy atom. The van der Waals surface area contributed by atoms with E-state index in [2.05, 4.69) is 21.0 Å². The third kappa shape index (κ3) is 10.7. The number of likely N-dealkylation sites (tertiary alicyclic amines) is 1. The van der Waals surface area contributed by atoms with E-state index < -0.39 is 28.3 Å². The van der Waals surface area contributed by atoms with Crippen LogP contribution in [-0.4, -0.2) is 69.3 Å². The average Bonchev–Trinajstić information content (AvgIpc) is 3.69. The van der Waals surface area contributed by atoms with E-state index in [9.17, 15) is 18.3 Å². The van der Waals surface area contributed by atoms with Gasteiger partial charge in [-0.05, 0) is 90.4 Å². The van der Waals surface area contributed by atoms with Gasteiger partial charge in [0.25, 0.3) is 0 Å². The van der Waals surface area contributed by atoms with E-state index in [-0.39, 0.29) is 36.7 Å². The molecule has 5 aromatic carbocycles. The highest BCUT2D eigenvalue weighted by Gasteiger charge is 2.36. The number of carbonyl (C=O) groups excluding carboxylic acids is 1. The van der Waals surface area contributed by atoms with Crippen LogP contribution >= 0.6 is 0 Å². The standard InChI is InChI=1S/C47H53N3O7S/c1-33-16-22-43(23-17-33)58(53,54)49-44(26-34-9-4-3-5-10-34)46(52)48-29-36-11-6-12-38(25-36)39-13-7-14-40(27-39)47-56-42(30-50-24-8-15-41(50)32-55-2)28-45(57-47)37-20-18-35(31-51)19-21-37/h3-7,9-14,16-23,25,27,41-42,44-45,47,49,51H,8,15,24,26,28-32H2,1-2H3,(H,48,52)/t41-,42-,44+,45+,47+/m0/s1. The summed E-state index contributed by atoms with van der Waals surface area (Å²) in [5.41, 5.74) is 7.37. The fraction of sp³-hybridized carbons (Fsp3) is 0.340. The van der Waals surface area contributed by atoms with E-state index in [1.165, 1.54) is 0 Å². The summed E-state index contributed by atoms with van der Waals surface area (Å²) in [6.45, 7) is 4.58. The van der Waals surface area contributed by atoms with Gasteiger partial charge in [0, 0.05) is 38.2 Å². The van der Waals surface area contributed by atoms with Gasteiger partial charge in [0.15, 0.2) is 6.29 Å². The summed E-state index contributed by atoms with van der Waals surface area (Å²) in [7, 11) is -2.21. The summed E-state index contributed by atoms with van der Waals surface area (Å²) >= 11 is 0. The van der Waals surface area contributed by atoms with Crippen molar-refractivity contribution in [2.75, 3.05) is 26.8 Å². The summed E-state index contributed by atoms with van der Waals surface area (Å²) in [4.78, 5) is 16.3. The number of methoxy groups -OCH3 is 1. The molecule has 11 heteroatoms. The number of aliphatic hydroxyl groups excluding tert-OH is 1. The van der Waals surface area contributed by atoms with Gasteiger partial charge in [-0.3, -0.25) is 9.69 Å². The molecule has 58 heavy (non-hydrogen) atoms. The molecule has 0 aromatic heterocycles. The Labute approximate surface area is 342 Å². The van der Waals surface area contributed by atoms with Crippen LogP contribution in [0.25, 0.3) is 11.1 Å². The molecule has 2 aliphatic heterocycles. The van der Waals surface area contributed by atoms with Crippen molar-refractivity contribution in [3.63, 3.8) is 0 Å². The Morgan fingerprint density at radius 3 is 2.31 bits per heavy atom. The van der Waals surface area contributed by atoms with Crippen LogP contribution in [0.1, 0.15) is 65.0 Å². The van der Waals surface area contributed by atoms with E-state index in [1.807, 2.05) is 104 Å². The second-order valence-electron chi connectivity index (χ2n) is 15.3. The van der Waals surface area contributed by atoms with Gasteiger partial charge in [-0.15, -0.1) is 0 Å². The van der Waals surface area contributed by atoms with Crippen molar-refractivity contribution < 1.29 is 32.5 Å². The summed E-state index contributed by atoms with van der Waals surface area (Å²) in [6, 6.07) is 39.3. The monoisotopic (exact) mass is 803 g/mol. The summed E-state index contributed by atoms with van der Waals surface area (Å²) in [6.07, 6.45) is 2.29. The zero-order chi connectivity index (χ0) is 40.5. The number of aryl methyl sites for hydroxylation is 1. The number of nitrogens with one attached hydrogen (secondary N) is 2. The Bertz CT molecular complexity index is 2220. The predicted molar refractivity (Wildman–Crippen MR) is 224 cm³/mol. The van der Waals surface area contributed by atoms with Crippen LogP contribution in [0.5, 0.6) is 0 Å². The molecule has 0 radical (unpaired) electrons. The number of nitrogens with zero attached hydrogens (tertiary/aromatic N) is 1. The Balaban J connectivity index is 1.07. The molecule has 1 amide bonds. The number of hydrogen-bond acceptors (Lipinski definition) is 8. The molecular weight excluding hydrogens is 751 g/mol. The van der Waals surface area contributed by atoms with E-state index in [1.54, 1.807) is 31.4 Å². The molecule has 2 saturated heterocycles. The number of amides is 1. The third-order valence-corrected chi connectivity index (χ3v) is 12.5. The topological polar surface area (TPSA) is 126 Å². The molecule has 5 atom stereocenters. The van der Waals surface area contributed by atoms with Crippen LogP contribution in [0.3, 0.4) is 0 Å². The fourth-order valence-corrected chi connectivity index (χ4v) is 9.06. The summed E-state index contributed by atoms with van der Waals surface area (Å²) < 4.78 is 48.4. The molecule has 2 aliphatic rings. The van der Waals surface area contributed by atoms with E-state index in [0.717, 1.165) is 70.4 Å². The first kappa shape index (κ1) is 41.4. The van der Waals surface area contributed by atoms with E-state index >= 15 is 0 Å². The average molecular weight is 804 g/mol. The molecule has 5 aromatic rings. The van der Waals surface area contributed by atoms with E-state index in [4.69, 9.17) is 14.2 Å². The molecule has 3 N–H and O–H groups in total.